The van der Waals surface area contributed by atoms with Gasteiger partial charge in [-0.25, -0.2) is 0 Å². The van der Waals surface area contributed by atoms with Crippen LogP contribution in [0.3, 0.4) is 0 Å². The number of rotatable bonds is 6. The molecule has 1 aromatic carbocycles. The molecule has 2 N–H and O–H groups in total. The lowest BCUT2D eigenvalue weighted by atomic mass is 9.97. The van der Waals surface area contributed by atoms with Crippen LogP contribution < -0.4 is 15.5 Å². The first-order valence-electron chi connectivity index (χ1n) is 10.2. The minimum absolute atomic E-state index is 0.0307. The molecule has 0 aromatic heterocycles. The number of carbonyl (C=O) groups excluding carboxylic acids is 2. The van der Waals surface area contributed by atoms with Crippen molar-refractivity contribution >= 4 is 23.2 Å². The van der Waals surface area contributed by atoms with Gasteiger partial charge < -0.3 is 15.5 Å². The Bertz CT molecular complexity index is 618. The van der Waals surface area contributed by atoms with Gasteiger partial charge in [-0.3, -0.25) is 14.5 Å². The molecule has 0 saturated carbocycles. The Morgan fingerprint density at radius 3 is 2.30 bits per heavy atom. The number of nitrogens with zero attached hydrogens (tertiary/aromatic N) is 2. The summed E-state index contributed by atoms with van der Waals surface area (Å²) in [6.45, 7) is 6.81. The smallest absolute Gasteiger partial charge is 0.238 e. The van der Waals surface area contributed by atoms with E-state index >= 15 is 0 Å². The molecule has 2 aliphatic heterocycles. The van der Waals surface area contributed by atoms with Crippen LogP contribution in [0.4, 0.5) is 11.4 Å². The fourth-order valence-corrected chi connectivity index (χ4v) is 3.95. The van der Waals surface area contributed by atoms with Gasteiger partial charge in [0.15, 0.2) is 0 Å². The van der Waals surface area contributed by atoms with Crippen LogP contribution >= 0.6 is 0 Å². The van der Waals surface area contributed by atoms with Gasteiger partial charge in [-0.1, -0.05) is 0 Å². The molecular weight excluding hydrogens is 340 g/mol. The van der Waals surface area contributed by atoms with Gasteiger partial charge in [-0.2, -0.15) is 0 Å². The average Bonchev–Trinajstić information content (AvgIpc) is 2.68. The first-order chi connectivity index (χ1) is 13.1. The van der Waals surface area contributed by atoms with Crippen LogP contribution in [0.2, 0.25) is 0 Å². The Hall–Kier alpha value is -2.08. The molecule has 0 aliphatic carbocycles. The quantitative estimate of drug-likeness (QED) is 0.805. The maximum absolute atomic E-state index is 12.3. The third kappa shape index (κ3) is 6.24. The number of hydrogen-bond donors (Lipinski definition) is 2. The fraction of sp³-hybridized carbons (Fsp3) is 0.619. The largest absolute Gasteiger partial charge is 0.372 e. The van der Waals surface area contributed by atoms with E-state index in [1.807, 2.05) is 12.1 Å². The first kappa shape index (κ1) is 19.7. The zero-order valence-electron chi connectivity index (χ0n) is 16.4. The molecule has 2 aliphatic rings. The Balaban J connectivity index is 1.40. The van der Waals surface area contributed by atoms with Gasteiger partial charge in [0.1, 0.15) is 0 Å². The van der Waals surface area contributed by atoms with Crippen LogP contribution in [0, 0.1) is 5.92 Å². The molecule has 6 heteroatoms. The zero-order chi connectivity index (χ0) is 19.1. The molecule has 6 nitrogen and oxygen atoms in total. The van der Waals surface area contributed by atoms with Crippen molar-refractivity contribution in [2.45, 2.75) is 39.0 Å². The number of likely N-dealkylation sites (tertiary alicyclic amines) is 1. The van der Waals surface area contributed by atoms with Crippen molar-refractivity contribution in [3.8, 4) is 0 Å². The number of benzene rings is 1. The predicted molar refractivity (Wildman–Crippen MR) is 109 cm³/mol. The van der Waals surface area contributed by atoms with Gasteiger partial charge in [0, 0.05) is 37.9 Å². The molecule has 0 atom stereocenters. The van der Waals surface area contributed by atoms with Gasteiger partial charge in [0.2, 0.25) is 11.8 Å². The molecule has 0 radical (unpaired) electrons. The summed E-state index contributed by atoms with van der Waals surface area (Å²) in [5.41, 5.74) is 2.11. The molecule has 2 fully saturated rings. The summed E-state index contributed by atoms with van der Waals surface area (Å²) in [6, 6.07) is 8.21. The summed E-state index contributed by atoms with van der Waals surface area (Å²) in [7, 11) is 0. The van der Waals surface area contributed by atoms with Crippen LogP contribution in [0.25, 0.3) is 0 Å². The second kappa shape index (κ2) is 9.74. The van der Waals surface area contributed by atoms with Crippen LogP contribution in [0.15, 0.2) is 24.3 Å². The molecule has 3 rings (SSSR count). The SMILES string of the molecule is CC(=O)NCC1CCN(CC(=O)Nc2ccc(N3CCCCC3)cc2)CC1. The number of piperidine rings is 2. The Kier molecular flexibility index (Phi) is 7.10. The van der Waals surface area contributed by atoms with E-state index in [1.54, 1.807) is 6.92 Å². The maximum atomic E-state index is 12.3. The van der Waals surface area contributed by atoms with Gasteiger partial charge in [0.25, 0.3) is 0 Å². The van der Waals surface area contributed by atoms with Crippen LogP contribution in [0.1, 0.15) is 39.0 Å². The molecule has 1 aromatic rings. The summed E-state index contributed by atoms with van der Waals surface area (Å²) in [5, 5.41) is 5.91. The van der Waals surface area contributed by atoms with E-state index < -0.39 is 0 Å². The summed E-state index contributed by atoms with van der Waals surface area (Å²) in [4.78, 5) is 28.0. The molecule has 27 heavy (non-hydrogen) atoms. The van der Waals surface area contributed by atoms with Gasteiger partial charge >= 0.3 is 0 Å². The summed E-state index contributed by atoms with van der Waals surface area (Å²) in [6.07, 6.45) is 5.91. The van der Waals surface area contributed by atoms with Crippen molar-refractivity contribution in [2.24, 2.45) is 5.92 Å². The van der Waals surface area contributed by atoms with Crippen LogP contribution in [0.5, 0.6) is 0 Å². The lowest BCUT2D eigenvalue weighted by Gasteiger charge is -2.31. The van der Waals surface area contributed by atoms with Crippen molar-refractivity contribution in [1.82, 2.24) is 10.2 Å². The fourth-order valence-electron chi connectivity index (χ4n) is 3.95. The van der Waals surface area contributed by atoms with Crippen molar-refractivity contribution < 1.29 is 9.59 Å². The summed E-state index contributed by atoms with van der Waals surface area (Å²) >= 11 is 0. The van der Waals surface area contributed by atoms with Crippen LogP contribution in [-0.2, 0) is 9.59 Å². The number of carbonyl (C=O) groups is 2. The molecule has 2 saturated heterocycles. The molecule has 2 heterocycles. The van der Waals surface area contributed by atoms with Crippen molar-refractivity contribution in [1.29, 1.82) is 0 Å². The number of hydrogen-bond acceptors (Lipinski definition) is 4. The minimum Gasteiger partial charge on any atom is -0.372 e. The highest BCUT2D eigenvalue weighted by molar-refractivity contribution is 5.92. The van der Waals surface area contributed by atoms with E-state index in [4.69, 9.17) is 0 Å². The van der Waals surface area contributed by atoms with Crippen LogP contribution in [-0.4, -0.2) is 56.0 Å². The standard InChI is InChI=1S/C21H32N4O2/c1-17(26)22-15-18-9-13-24(14-10-18)16-21(27)23-19-5-7-20(8-6-19)25-11-3-2-4-12-25/h5-8,18H,2-4,9-16H2,1H3,(H,22,26)(H,23,27). The molecule has 0 unspecified atom stereocenters. The summed E-state index contributed by atoms with van der Waals surface area (Å²) < 4.78 is 0. The zero-order valence-corrected chi connectivity index (χ0v) is 16.4. The lowest BCUT2D eigenvalue weighted by molar-refractivity contribution is -0.119. The molecule has 0 spiro atoms. The molecule has 0 bridgehead atoms. The predicted octanol–water partition coefficient (Wildman–Crippen LogP) is 2.46. The maximum Gasteiger partial charge on any atom is 0.238 e. The average molecular weight is 373 g/mol. The van der Waals surface area contributed by atoms with Gasteiger partial charge in [0.05, 0.1) is 6.54 Å². The monoisotopic (exact) mass is 372 g/mol. The Labute approximate surface area is 162 Å². The Morgan fingerprint density at radius 2 is 1.67 bits per heavy atom. The van der Waals surface area contributed by atoms with E-state index in [1.165, 1.54) is 24.9 Å². The highest BCUT2D eigenvalue weighted by atomic mass is 16.2. The van der Waals surface area contributed by atoms with E-state index in [0.29, 0.717) is 12.5 Å². The first-order valence-corrected chi connectivity index (χ1v) is 10.2. The highest BCUT2D eigenvalue weighted by Gasteiger charge is 2.21. The normalized spacial score (nSPS) is 18.9. The number of anilines is 2. The second-order valence-corrected chi connectivity index (χ2v) is 7.80. The number of nitrogens with one attached hydrogen (secondary N) is 2. The molecule has 148 valence electrons. The minimum atomic E-state index is 0.0307. The topological polar surface area (TPSA) is 64.7 Å². The van der Waals surface area contributed by atoms with E-state index in [2.05, 4.69) is 32.6 Å². The van der Waals surface area contributed by atoms with E-state index in [0.717, 1.165) is 51.3 Å². The third-order valence-corrected chi connectivity index (χ3v) is 5.59. The summed E-state index contributed by atoms with van der Waals surface area (Å²) in [5.74, 6) is 0.597. The van der Waals surface area contributed by atoms with Gasteiger partial charge in [-0.15, -0.1) is 0 Å². The molecular formula is C21H32N4O2. The Morgan fingerprint density at radius 1 is 1.00 bits per heavy atom. The van der Waals surface area contributed by atoms with Crippen molar-refractivity contribution in [2.75, 3.05) is 49.5 Å². The second-order valence-electron chi connectivity index (χ2n) is 7.80. The van der Waals surface area contributed by atoms with Crippen molar-refractivity contribution in [3.05, 3.63) is 24.3 Å². The highest BCUT2D eigenvalue weighted by Crippen LogP contribution is 2.22. The number of amides is 2. The van der Waals surface area contributed by atoms with E-state index in [9.17, 15) is 9.59 Å². The van der Waals surface area contributed by atoms with Crippen molar-refractivity contribution in [3.63, 3.8) is 0 Å². The molecule has 2 amide bonds. The third-order valence-electron chi connectivity index (χ3n) is 5.59. The van der Waals surface area contributed by atoms with E-state index in [-0.39, 0.29) is 11.8 Å². The van der Waals surface area contributed by atoms with Gasteiger partial charge in [-0.05, 0) is 75.4 Å². The lowest BCUT2D eigenvalue weighted by Crippen LogP contribution is -2.41.